The van der Waals surface area contributed by atoms with Gasteiger partial charge in [0.05, 0.1) is 98.4 Å². The molecule has 2 fully saturated rings. The number of aliphatic hydroxyl groups excluding tert-OH is 12. The molecular weight excluding hydrogens is 965 g/mol. The summed E-state index contributed by atoms with van der Waals surface area (Å²) in [6, 6.07) is -1.17. The molecule has 16 N–H and O–H groups in total. The summed E-state index contributed by atoms with van der Waals surface area (Å²) < 4.78 is 17.6. The molecule has 1 saturated heterocycles. The minimum Gasteiger partial charge on any atom is -0.462 e. The summed E-state index contributed by atoms with van der Waals surface area (Å²) in [5.41, 5.74) is 2.32. The number of aliphatic hydroxyl groups is 13. The number of rotatable bonds is 7. The van der Waals surface area contributed by atoms with Gasteiger partial charge in [-0.1, -0.05) is 98.9 Å². The van der Waals surface area contributed by atoms with Gasteiger partial charge in [0.2, 0.25) is 5.91 Å². The van der Waals surface area contributed by atoms with Gasteiger partial charge in [0.25, 0.3) is 0 Å². The van der Waals surface area contributed by atoms with E-state index >= 15 is 0 Å². The average molecular weight is 1050 g/mol. The number of esters is 1. The first kappa shape index (κ1) is 64.8. The van der Waals surface area contributed by atoms with Gasteiger partial charge in [-0.05, 0) is 70.6 Å². The number of ether oxygens (including phenoxy) is 3. The van der Waals surface area contributed by atoms with Crippen molar-refractivity contribution in [3.63, 3.8) is 0 Å². The molecule has 2 aliphatic heterocycles. The molecule has 2 bridgehead atoms. The van der Waals surface area contributed by atoms with Crippen molar-refractivity contribution in [1.29, 1.82) is 0 Å². The number of amides is 1. The van der Waals surface area contributed by atoms with Crippen molar-refractivity contribution in [3.8, 4) is 0 Å². The van der Waals surface area contributed by atoms with E-state index in [1.807, 2.05) is 56.4 Å². The number of carbonyl (C=O) groups excluding carboxylic acids is 2. The largest absolute Gasteiger partial charge is 0.462 e. The number of nitrogens with two attached hydrogens (primary N) is 1. The first-order valence-corrected chi connectivity index (χ1v) is 25.9. The van der Waals surface area contributed by atoms with Gasteiger partial charge >= 0.3 is 5.97 Å². The van der Waals surface area contributed by atoms with Gasteiger partial charge in [0, 0.05) is 31.6 Å². The number of fused-ring (bicyclic) bond motifs is 2. The lowest BCUT2D eigenvalue weighted by atomic mass is 9.66. The fraction of sp³-hybridized carbons (Fsp3) is 0.704. The Morgan fingerprint density at radius 1 is 0.649 bits per heavy atom. The first-order valence-electron chi connectivity index (χ1n) is 25.9. The molecule has 2 heterocycles. The number of allylic oxidation sites excluding steroid dienone is 12. The van der Waals surface area contributed by atoms with Crippen molar-refractivity contribution >= 4 is 11.9 Å². The highest BCUT2D eigenvalue weighted by Gasteiger charge is 2.51. The van der Waals surface area contributed by atoms with Gasteiger partial charge in [0.1, 0.15) is 17.7 Å². The molecule has 20 nitrogen and oxygen atoms in total. The summed E-state index contributed by atoms with van der Waals surface area (Å²) in [5, 5.41) is 143. The van der Waals surface area contributed by atoms with Crippen LogP contribution >= 0.6 is 0 Å². The Bertz CT molecular complexity index is 1860. The van der Waals surface area contributed by atoms with Crippen molar-refractivity contribution in [2.75, 3.05) is 19.8 Å². The molecule has 19 atom stereocenters. The number of nitrogens with one attached hydrogen (secondary N) is 1. The predicted molar refractivity (Wildman–Crippen MR) is 274 cm³/mol. The molecule has 3 rings (SSSR count). The van der Waals surface area contributed by atoms with Crippen molar-refractivity contribution in [1.82, 2.24) is 5.32 Å². The number of cyclic esters (lactones) is 1. The van der Waals surface area contributed by atoms with Crippen molar-refractivity contribution in [2.45, 2.75) is 195 Å². The minimum absolute atomic E-state index is 0.00766. The third kappa shape index (κ3) is 21.5. The van der Waals surface area contributed by atoms with Crippen LogP contribution in [0.2, 0.25) is 0 Å². The van der Waals surface area contributed by atoms with E-state index < -0.39 is 160 Å². The van der Waals surface area contributed by atoms with Crippen molar-refractivity contribution < 1.29 is 90.2 Å². The highest BCUT2D eigenvalue weighted by molar-refractivity contribution is 5.80. The first-order chi connectivity index (χ1) is 35.0. The Labute approximate surface area is 435 Å². The Hall–Kier alpha value is -3.52. The summed E-state index contributed by atoms with van der Waals surface area (Å²) in [6.45, 7) is 4.42. The smallest absolute Gasteiger partial charge is 0.306 e. The second kappa shape index (κ2) is 32.3. The van der Waals surface area contributed by atoms with E-state index in [-0.39, 0.29) is 56.8 Å². The van der Waals surface area contributed by atoms with E-state index in [0.29, 0.717) is 6.42 Å². The zero-order valence-corrected chi connectivity index (χ0v) is 43.3. The standard InChI is InChI=1S/C54H88N2O18/c1-33-17-15-13-11-9-7-5-6-8-10-12-14-16-18-41(74-52-50(69)48(55)49(68)36(4)73-52)24-37-27-54(71,29-45(66)47(37)51(70)56-53(30-57,31-58)32-59)28-40(62)26-44(65)42(63)21-19-38(60)25-39(61)20-22-46(67)72-35(3)34(2)23-43(33)64/h5-18,33-45,47-50,52,57-66,68-69,71H,19-32,55H2,1-4H3,(H,56,70)/b6-5+,9-7+,10-8+,13-11+,14-12+,17-15+,18-16+/t33-,34+,35-,36+,37?,38+,39-,40-,41?,42+,43-,44+,45-,47-,48-,49+,50+,52-,54-/m0/s1. The predicted octanol–water partition coefficient (Wildman–Crippen LogP) is -0.0972. The average Bonchev–Trinajstić information content (AvgIpc) is 3.34. The van der Waals surface area contributed by atoms with E-state index in [1.165, 1.54) is 6.92 Å². The Kier molecular flexibility index (Phi) is 28.2. The van der Waals surface area contributed by atoms with Gasteiger partial charge in [-0.3, -0.25) is 9.59 Å². The fourth-order valence-corrected chi connectivity index (χ4v) is 9.47. The molecule has 1 amide bonds. The van der Waals surface area contributed by atoms with E-state index in [0.717, 1.165) is 0 Å². The maximum Gasteiger partial charge on any atom is 0.306 e. The number of hydrogen-bond donors (Lipinski definition) is 15. The summed E-state index contributed by atoms with van der Waals surface area (Å²) in [6.07, 6.45) is 7.20. The lowest BCUT2D eigenvalue weighted by molar-refractivity contribution is -0.277. The highest BCUT2D eigenvalue weighted by atomic mass is 16.7. The molecule has 0 aromatic rings. The topological polar surface area (TPSA) is 363 Å². The van der Waals surface area contributed by atoms with Crippen LogP contribution in [0.5, 0.6) is 0 Å². The van der Waals surface area contributed by atoms with E-state index in [2.05, 4.69) is 5.32 Å². The van der Waals surface area contributed by atoms with E-state index in [4.69, 9.17) is 19.9 Å². The quantitative estimate of drug-likeness (QED) is 0.148. The maximum absolute atomic E-state index is 14.1. The third-order valence-electron chi connectivity index (χ3n) is 14.4. The highest BCUT2D eigenvalue weighted by Crippen LogP contribution is 2.43. The molecule has 0 aromatic heterocycles. The van der Waals surface area contributed by atoms with Crippen LogP contribution in [0.25, 0.3) is 0 Å². The van der Waals surface area contributed by atoms with Crippen LogP contribution in [0.3, 0.4) is 0 Å². The molecule has 1 saturated carbocycles. The molecule has 0 aromatic carbocycles. The zero-order valence-electron chi connectivity index (χ0n) is 43.3. The molecular formula is C54H88N2O18. The molecule has 3 aliphatic rings. The lowest BCUT2D eigenvalue weighted by Gasteiger charge is -2.46. The summed E-state index contributed by atoms with van der Waals surface area (Å²) in [7, 11) is 0. The van der Waals surface area contributed by atoms with Crippen LogP contribution < -0.4 is 11.1 Å². The van der Waals surface area contributed by atoms with Crippen LogP contribution in [0.15, 0.2) is 85.1 Å². The van der Waals surface area contributed by atoms with Gasteiger partial charge < -0.3 is 91.6 Å². The summed E-state index contributed by atoms with van der Waals surface area (Å²) >= 11 is 0. The van der Waals surface area contributed by atoms with Gasteiger partial charge in [0.15, 0.2) is 6.29 Å². The second-order valence-corrected chi connectivity index (χ2v) is 20.8. The van der Waals surface area contributed by atoms with Crippen LogP contribution in [0, 0.1) is 23.7 Å². The minimum atomic E-state index is -1.91. The van der Waals surface area contributed by atoms with E-state index in [1.54, 1.807) is 49.5 Å². The SMILES string of the molecule is C[C@@H]1C[C@H](O)[C@@H](C)/C=C/C=C/C=C/C=C/C=C/C=C/C=C/C(O[C@@H]2O[C@H](C)[C@@H](O)[C@H](N)[C@H]2O)CC2C[C@](O)(C[C@@H](O)C[C@@H](O)[C@H](O)CC[C@@H](O)C[C@@H](O)CCC(=O)O[C@H]1C)C[C@H](O)[C@H]2C(=O)NC(CO)(CO)CO. The van der Waals surface area contributed by atoms with Crippen molar-refractivity contribution in [2.24, 2.45) is 29.4 Å². The number of hydrogen-bond acceptors (Lipinski definition) is 19. The zero-order chi connectivity index (χ0) is 55.2. The Balaban J connectivity index is 1.95. The van der Waals surface area contributed by atoms with Gasteiger partial charge in [-0.2, -0.15) is 0 Å². The normalized spacial score (nSPS) is 41.9. The molecule has 2 unspecified atom stereocenters. The maximum atomic E-state index is 14.1. The van der Waals surface area contributed by atoms with Crippen LogP contribution in [-0.2, 0) is 23.8 Å². The number of carbonyl (C=O) groups is 2. The monoisotopic (exact) mass is 1050 g/mol. The second-order valence-electron chi connectivity index (χ2n) is 20.8. The Morgan fingerprint density at radius 2 is 1.20 bits per heavy atom. The third-order valence-corrected chi connectivity index (χ3v) is 14.4. The lowest BCUT2D eigenvalue weighted by Crippen LogP contribution is -2.62. The summed E-state index contributed by atoms with van der Waals surface area (Å²) in [4.78, 5) is 26.7. The van der Waals surface area contributed by atoms with Crippen LogP contribution in [0.4, 0.5) is 0 Å². The van der Waals surface area contributed by atoms with Crippen LogP contribution in [0.1, 0.15) is 98.3 Å². The van der Waals surface area contributed by atoms with E-state index in [9.17, 15) is 76.0 Å². The van der Waals surface area contributed by atoms with Gasteiger partial charge in [-0.15, -0.1) is 0 Å². The van der Waals surface area contributed by atoms with Crippen LogP contribution in [-0.4, -0.2) is 195 Å². The van der Waals surface area contributed by atoms with Gasteiger partial charge in [-0.25, -0.2) is 0 Å². The molecule has 1 aliphatic carbocycles. The molecule has 0 radical (unpaired) electrons. The molecule has 422 valence electrons. The molecule has 0 spiro atoms. The van der Waals surface area contributed by atoms with Crippen molar-refractivity contribution in [3.05, 3.63) is 85.1 Å². The molecule has 20 heteroatoms. The molecule has 74 heavy (non-hydrogen) atoms. The summed E-state index contributed by atoms with van der Waals surface area (Å²) in [5.74, 6) is -4.20. The Morgan fingerprint density at radius 3 is 1.78 bits per heavy atom. The fourth-order valence-electron chi connectivity index (χ4n) is 9.47.